The van der Waals surface area contributed by atoms with E-state index < -0.39 is 17.2 Å². The molecular formula is C11H12ClFO2. The first-order valence-electron chi connectivity index (χ1n) is 4.44. The van der Waals surface area contributed by atoms with E-state index in [1.165, 1.54) is 19.2 Å². The van der Waals surface area contributed by atoms with Crippen LogP contribution in [0.25, 0.3) is 0 Å². The van der Waals surface area contributed by atoms with Gasteiger partial charge in [-0.25, -0.2) is 4.39 Å². The van der Waals surface area contributed by atoms with Gasteiger partial charge in [-0.05, 0) is 19.9 Å². The van der Waals surface area contributed by atoms with Gasteiger partial charge in [0.05, 0.1) is 17.5 Å². The van der Waals surface area contributed by atoms with Crippen LogP contribution in [0, 0.1) is 5.82 Å². The van der Waals surface area contributed by atoms with Crippen molar-refractivity contribution in [2.45, 2.75) is 19.3 Å². The zero-order valence-electron chi connectivity index (χ0n) is 8.80. The maximum atomic E-state index is 13.7. The first kappa shape index (κ1) is 12.0. The number of esters is 1. The molecule has 15 heavy (non-hydrogen) atoms. The Hall–Kier alpha value is -1.09. The van der Waals surface area contributed by atoms with Crippen molar-refractivity contribution in [3.8, 4) is 0 Å². The molecule has 2 nitrogen and oxygen atoms in total. The molecule has 0 aliphatic rings. The Labute approximate surface area is 93.0 Å². The molecule has 0 aliphatic carbocycles. The molecule has 0 saturated heterocycles. The number of carbonyl (C=O) groups is 1. The molecule has 0 unspecified atom stereocenters. The van der Waals surface area contributed by atoms with Gasteiger partial charge < -0.3 is 4.74 Å². The molecule has 0 bridgehead atoms. The topological polar surface area (TPSA) is 26.3 Å². The monoisotopic (exact) mass is 230 g/mol. The van der Waals surface area contributed by atoms with Crippen molar-refractivity contribution in [2.75, 3.05) is 7.11 Å². The number of methoxy groups -OCH3 is 1. The van der Waals surface area contributed by atoms with Gasteiger partial charge in [-0.1, -0.05) is 23.7 Å². The van der Waals surface area contributed by atoms with Gasteiger partial charge >= 0.3 is 5.97 Å². The third-order valence-corrected chi connectivity index (χ3v) is 2.61. The largest absolute Gasteiger partial charge is 0.468 e. The van der Waals surface area contributed by atoms with Gasteiger partial charge in [0, 0.05) is 5.56 Å². The highest BCUT2D eigenvalue weighted by Crippen LogP contribution is 2.30. The zero-order chi connectivity index (χ0) is 11.6. The van der Waals surface area contributed by atoms with E-state index in [-0.39, 0.29) is 10.6 Å². The third-order valence-electron chi connectivity index (χ3n) is 2.32. The van der Waals surface area contributed by atoms with Gasteiger partial charge in [0.25, 0.3) is 0 Å². The van der Waals surface area contributed by atoms with E-state index in [4.69, 9.17) is 11.6 Å². The molecule has 0 aromatic heterocycles. The van der Waals surface area contributed by atoms with E-state index >= 15 is 0 Å². The summed E-state index contributed by atoms with van der Waals surface area (Å²) < 4.78 is 18.3. The standard InChI is InChI=1S/C11H12ClFO2/c1-11(2,10(14)15-3)7-5-4-6-8(12)9(7)13/h4-6H,1-3H3. The summed E-state index contributed by atoms with van der Waals surface area (Å²) in [5.41, 5.74) is -0.800. The second-order valence-corrected chi connectivity index (χ2v) is 4.13. The molecule has 0 aliphatic heterocycles. The van der Waals surface area contributed by atoms with Crippen molar-refractivity contribution < 1.29 is 13.9 Å². The number of rotatable bonds is 2. The van der Waals surface area contributed by atoms with Gasteiger partial charge in [0.2, 0.25) is 0 Å². The fourth-order valence-corrected chi connectivity index (χ4v) is 1.53. The van der Waals surface area contributed by atoms with E-state index in [0.717, 1.165) is 0 Å². The van der Waals surface area contributed by atoms with Crippen LogP contribution < -0.4 is 0 Å². The predicted molar refractivity (Wildman–Crippen MR) is 56.5 cm³/mol. The molecule has 0 radical (unpaired) electrons. The number of ether oxygens (including phenoxy) is 1. The lowest BCUT2D eigenvalue weighted by Crippen LogP contribution is -2.31. The molecule has 0 amide bonds. The van der Waals surface area contributed by atoms with Crippen molar-refractivity contribution >= 4 is 17.6 Å². The minimum absolute atomic E-state index is 0.00415. The Bertz CT molecular complexity index is 388. The number of benzene rings is 1. The first-order valence-corrected chi connectivity index (χ1v) is 4.82. The minimum atomic E-state index is -1.04. The summed E-state index contributed by atoms with van der Waals surface area (Å²) >= 11 is 5.64. The van der Waals surface area contributed by atoms with Crippen LogP contribution in [0.3, 0.4) is 0 Å². The Morgan fingerprint density at radius 1 is 1.47 bits per heavy atom. The SMILES string of the molecule is COC(=O)C(C)(C)c1cccc(Cl)c1F. The van der Waals surface area contributed by atoms with E-state index in [9.17, 15) is 9.18 Å². The number of carbonyl (C=O) groups excluding carboxylic acids is 1. The zero-order valence-corrected chi connectivity index (χ0v) is 9.56. The molecule has 4 heteroatoms. The van der Waals surface area contributed by atoms with Gasteiger partial charge in [-0.3, -0.25) is 4.79 Å². The Balaban J connectivity index is 3.27. The van der Waals surface area contributed by atoms with Crippen molar-refractivity contribution in [1.29, 1.82) is 0 Å². The van der Waals surface area contributed by atoms with Gasteiger partial charge in [-0.15, -0.1) is 0 Å². The van der Waals surface area contributed by atoms with Crippen LogP contribution in [0.4, 0.5) is 4.39 Å². The molecule has 1 rings (SSSR count). The molecule has 0 N–H and O–H groups in total. The summed E-state index contributed by atoms with van der Waals surface area (Å²) in [5, 5.41) is 0.00415. The molecule has 0 atom stereocenters. The normalized spacial score (nSPS) is 11.3. The number of halogens is 2. The number of hydrogen-bond acceptors (Lipinski definition) is 2. The van der Waals surface area contributed by atoms with Crippen LogP contribution in [-0.2, 0) is 14.9 Å². The molecule has 82 valence electrons. The molecule has 1 aromatic carbocycles. The van der Waals surface area contributed by atoms with Gasteiger partial charge in [0.1, 0.15) is 5.82 Å². The molecule has 0 saturated carbocycles. The summed E-state index contributed by atoms with van der Waals surface area (Å²) in [4.78, 5) is 11.5. The van der Waals surface area contributed by atoms with Crippen molar-refractivity contribution in [1.82, 2.24) is 0 Å². The second-order valence-electron chi connectivity index (χ2n) is 3.72. The second kappa shape index (κ2) is 4.19. The summed E-state index contributed by atoms with van der Waals surface area (Å²) in [6.45, 7) is 3.18. The highest BCUT2D eigenvalue weighted by atomic mass is 35.5. The third kappa shape index (κ3) is 2.12. The Morgan fingerprint density at radius 3 is 2.60 bits per heavy atom. The number of hydrogen-bond donors (Lipinski definition) is 0. The molecule has 0 heterocycles. The van der Waals surface area contributed by atoms with Crippen LogP contribution in [0.5, 0.6) is 0 Å². The molecule has 0 fully saturated rings. The van der Waals surface area contributed by atoms with Crippen molar-refractivity contribution in [3.63, 3.8) is 0 Å². The lowest BCUT2D eigenvalue weighted by Gasteiger charge is -2.22. The highest BCUT2D eigenvalue weighted by Gasteiger charge is 2.33. The van der Waals surface area contributed by atoms with Crippen LogP contribution in [0.15, 0.2) is 18.2 Å². The van der Waals surface area contributed by atoms with E-state index in [0.29, 0.717) is 0 Å². The Morgan fingerprint density at radius 2 is 2.07 bits per heavy atom. The van der Waals surface area contributed by atoms with E-state index in [1.807, 2.05) is 0 Å². The van der Waals surface area contributed by atoms with Gasteiger partial charge in [0.15, 0.2) is 0 Å². The van der Waals surface area contributed by atoms with E-state index in [1.54, 1.807) is 19.9 Å². The van der Waals surface area contributed by atoms with Crippen LogP contribution in [0.1, 0.15) is 19.4 Å². The van der Waals surface area contributed by atoms with Crippen molar-refractivity contribution in [2.24, 2.45) is 0 Å². The maximum absolute atomic E-state index is 13.7. The first-order chi connectivity index (χ1) is 6.91. The quantitative estimate of drug-likeness (QED) is 0.731. The van der Waals surface area contributed by atoms with Crippen LogP contribution in [-0.4, -0.2) is 13.1 Å². The fourth-order valence-electron chi connectivity index (χ4n) is 1.35. The van der Waals surface area contributed by atoms with Gasteiger partial charge in [-0.2, -0.15) is 0 Å². The Kier molecular flexibility index (Phi) is 3.35. The lowest BCUT2D eigenvalue weighted by molar-refractivity contribution is -0.146. The molecular weight excluding hydrogens is 219 g/mol. The molecule has 0 spiro atoms. The summed E-state index contributed by atoms with van der Waals surface area (Å²) in [6, 6.07) is 4.57. The maximum Gasteiger partial charge on any atom is 0.315 e. The molecule has 1 aromatic rings. The highest BCUT2D eigenvalue weighted by molar-refractivity contribution is 6.30. The minimum Gasteiger partial charge on any atom is -0.468 e. The lowest BCUT2D eigenvalue weighted by atomic mass is 9.84. The van der Waals surface area contributed by atoms with E-state index in [2.05, 4.69) is 4.74 Å². The average Bonchev–Trinajstić information content (AvgIpc) is 2.20. The van der Waals surface area contributed by atoms with Crippen LogP contribution in [0.2, 0.25) is 5.02 Å². The fraction of sp³-hybridized carbons (Fsp3) is 0.364. The summed E-state index contributed by atoms with van der Waals surface area (Å²) in [5.74, 6) is -1.07. The summed E-state index contributed by atoms with van der Waals surface area (Å²) in [6.07, 6.45) is 0. The summed E-state index contributed by atoms with van der Waals surface area (Å²) in [7, 11) is 1.27. The van der Waals surface area contributed by atoms with Crippen molar-refractivity contribution in [3.05, 3.63) is 34.6 Å². The predicted octanol–water partition coefficient (Wildman–Crippen LogP) is 2.93. The average molecular weight is 231 g/mol. The smallest absolute Gasteiger partial charge is 0.315 e. The van der Waals surface area contributed by atoms with Crippen LogP contribution >= 0.6 is 11.6 Å².